The largest absolute Gasteiger partial charge is 0.274 e. The summed E-state index contributed by atoms with van der Waals surface area (Å²) in [5.41, 5.74) is 1.28. The zero-order chi connectivity index (χ0) is 15.9. The summed E-state index contributed by atoms with van der Waals surface area (Å²) in [5, 5.41) is 8.83. The summed E-state index contributed by atoms with van der Waals surface area (Å²) >= 11 is 8.80. The first-order valence-electron chi connectivity index (χ1n) is 6.56. The van der Waals surface area contributed by atoms with Gasteiger partial charge in [-0.15, -0.1) is 10.2 Å². The Kier molecular flexibility index (Phi) is 4.20. The average molecular weight is 354 g/mol. The first kappa shape index (κ1) is 15.5. The van der Waals surface area contributed by atoms with Gasteiger partial charge in [-0.3, -0.25) is 9.59 Å². The lowest BCUT2D eigenvalue weighted by Gasteiger charge is -2.17. The average Bonchev–Trinajstić information content (AvgIpc) is 2.99. The number of thioether (sulfide) groups is 1. The third-order valence-electron chi connectivity index (χ3n) is 3.34. The molecule has 1 saturated heterocycles. The van der Waals surface area contributed by atoms with E-state index < -0.39 is 5.25 Å². The topological polar surface area (TPSA) is 63.2 Å². The molecule has 1 atom stereocenters. The molecule has 1 aromatic carbocycles. The Labute approximate surface area is 140 Å². The van der Waals surface area contributed by atoms with Gasteiger partial charge in [0.25, 0.3) is 0 Å². The molecular formula is C14H12ClN3O2S2. The number of aromatic nitrogens is 2. The Morgan fingerprint density at radius 1 is 1.32 bits per heavy atom. The molecule has 3 rings (SSSR count). The maximum absolute atomic E-state index is 12.6. The molecule has 2 amide bonds. The van der Waals surface area contributed by atoms with Crippen LogP contribution >= 0.6 is 34.7 Å². The zero-order valence-corrected chi connectivity index (χ0v) is 14.3. The third kappa shape index (κ3) is 2.76. The molecule has 1 aliphatic heterocycles. The van der Waals surface area contributed by atoms with Crippen LogP contribution in [0.25, 0.3) is 0 Å². The molecule has 114 valence electrons. The second-order valence-electron chi connectivity index (χ2n) is 4.85. The number of aryl methyl sites for hydroxylation is 1. The number of carbonyl (C=O) groups excluding carboxylic acids is 2. The van der Waals surface area contributed by atoms with E-state index in [4.69, 9.17) is 11.6 Å². The molecule has 0 unspecified atom stereocenters. The van der Waals surface area contributed by atoms with Gasteiger partial charge in [0.2, 0.25) is 11.8 Å². The molecule has 8 heteroatoms. The predicted octanol–water partition coefficient (Wildman–Crippen LogP) is 3.23. The molecule has 0 saturated carbocycles. The maximum atomic E-state index is 12.6. The minimum absolute atomic E-state index is 0.161. The fraction of sp³-hybridized carbons (Fsp3) is 0.286. The number of halogens is 1. The molecule has 22 heavy (non-hydrogen) atoms. The van der Waals surface area contributed by atoms with E-state index in [-0.39, 0.29) is 18.2 Å². The van der Waals surface area contributed by atoms with Gasteiger partial charge in [0.1, 0.15) is 10.3 Å². The molecule has 5 nitrogen and oxygen atoms in total. The van der Waals surface area contributed by atoms with Crippen LogP contribution in [0.5, 0.6) is 0 Å². The summed E-state index contributed by atoms with van der Waals surface area (Å²) in [6.45, 7) is 3.65. The molecule has 2 heterocycles. The first-order valence-corrected chi connectivity index (χ1v) is 8.63. The normalized spacial score (nSPS) is 18.3. The van der Waals surface area contributed by atoms with E-state index in [0.29, 0.717) is 15.0 Å². The summed E-state index contributed by atoms with van der Waals surface area (Å²) < 4.78 is 0.702. The Morgan fingerprint density at radius 3 is 2.77 bits per heavy atom. The molecular weight excluding hydrogens is 342 g/mol. The Bertz CT molecular complexity index is 762. The van der Waals surface area contributed by atoms with Crippen molar-refractivity contribution in [3.8, 4) is 0 Å². The van der Waals surface area contributed by atoms with E-state index in [9.17, 15) is 9.59 Å². The predicted molar refractivity (Wildman–Crippen MR) is 87.6 cm³/mol. The van der Waals surface area contributed by atoms with Crippen LogP contribution in [-0.2, 0) is 9.59 Å². The molecule has 0 aliphatic carbocycles. The molecule has 0 N–H and O–H groups in total. The number of amides is 2. The van der Waals surface area contributed by atoms with Gasteiger partial charge >= 0.3 is 0 Å². The van der Waals surface area contributed by atoms with Crippen LogP contribution in [0.2, 0.25) is 5.02 Å². The number of carbonyl (C=O) groups is 2. The van der Waals surface area contributed by atoms with Crippen LogP contribution in [0.15, 0.2) is 22.5 Å². The maximum Gasteiger partial charge on any atom is 0.247 e. The van der Waals surface area contributed by atoms with Crippen molar-refractivity contribution in [3.05, 3.63) is 33.8 Å². The monoisotopic (exact) mass is 353 g/mol. The van der Waals surface area contributed by atoms with Gasteiger partial charge in [0.15, 0.2) is 4.34 Å². The second-order valence-corrected chi connectivity index (χ2v) is 7.89. The molecule has 0 spiro atoms. The lowest BCUT2D eigenvalue weighted by Crippen LogP contribution is -2.31. The number of rotatable bonds is 3. The molecule has 1 fully saturated rings. The number of nitrogens with zero attached hydrogens (tertiary/aromatic N) is 3. The number of imide groups is 1. The minimum Gasteiger partial charge on any atom is -0.274 e. The van der Waals surface area contributed by atoms with Crippen molar-refractivity contribution < 1.29 is 9.59 Å². The van der Waals surface area contributed by atoms with E-state index in [2.05, 4.69) is 10.2 Å². The van der Waals surface area contributed by atoms with Crippen LogP contribution in [-0.4, -0.2) is 27.3 Å². The molecule has 0 bridgehead atoms. The fourth-order valence-corrected chi connectivity index (χ4v) is 4.49. The van der Waals surface area contributed by atoms with E-state index in [0.717, 1.165) is 10.6 Å². The van der Waals surface area contributed by atoms with Crippen molar-refractivity contribution >= 4 is 52.2 Å². The van der Waals surface area contributed by atoms with Crippen LogP contribution < -0.4 is 4.90 Å². The summed E-state index contributed by atoms with van der Waals surface area (Å²) in [6.07, 6.45) is 0.161. The summed E-state index contributed by atoms with van der Waals surface area (Å²) in [7, 11) is 0. The van der Waals surface area contributed by atoms with E-state index in [1.807, 2.05) is 6.92 Å². The van der Waals surface area contributed by atoms with E-state index >= 15 is 0 Å². The highest BCUT2D eigenvalue weighted by Crippen LogP contribution is 2.37. The van der Waals surface area contributed by atoms with Gasteiger partial charge in [-0.1, -0.05) is 40.8 Å². The first-order chi connectivity index (χ1) is 10.5. The number of anilines is 1. The van der Waals surface area contributed by atoms with E-state index in [1.54, 1.807) is 25.1 Å². The van der Waals surface area contributed by atoms with Crippen molar-refractivity contribution in [2.24, 2.45) is 0 Å². The smallest absolute Gasteiger partial charge is 0.247 e. The van der Waals surface area contributed by atoms with Gasteiger partial charge < -0.3 is 0 Å². The highest BCUT2D eigenvalue weighted by molar-refractivity contribution is 8.02. The van der Waals surface area contributed by atoms with Gasteiger partial charge in [-0.05, 0) is 31.5 Å². The zero-order valence-electron chi connectivity index (χ0n) is 11.9. The summed E-state index contributed by atoms with van der Waals surface area (Å²) in [4.78, 5) is 26.1. The fourth-order valence-electron chi connectivity index (χ4n) is 2.24. The van der Waals surface area contributed by atoms with Crippen molar-refractivity contribution in [2.45, 2.75) is 29.9 Å². The number of benzene rings is 1. The number of hydrogen-bond donors (Lipinski definition) is 0. The standard InChI is InChI=1S/C14H12ClN3O2S2/c1-7-9(15)4-3-5-10(7)18-12(19)6-11(13(18)20)22-14-17-16-8(2)21-14/h3-5,11H,6H2,1-2H3/t11-/m0/s1. The van der Waals surface area contributed by atoms with Gasteiger partial charge in [-0.25, -0.2) is 4.90 Å². The second kappa shape index (κ2) is 5.98. The van der Waals surface area contributed by atoms with Gasteiger partial charge in [0.05, 0.1) is 5.69 Å². The van der Waals surface area contributed by atoms with Crippen molar-refractivity contribution in [1.82, 2.24) is 10.2 Å². The Balaban J connectivity index is 1.87. The van der Waals surface area contributed by atoms with Crippen molar-refractivity contribution in [2.75, 3.05) is 4.90 Å². The highest BCUT2D eigenvalue weighted by atomic mass is 35.5. The molecule has 0 radical (unpaired) electrons. The number of hydrogen-bond acceptors (Lipinski definition) is 6. The van der Waals surface area contributed by atoms with Crippen LogP contribution in [0.4, 0.5) is 5.69 Å². The molecule has 1 aromatic heterocycles. The molecule has 1 aliphatic rings. The highest BCUT2D eigenvalue weighted by Gasteiger charge is 2.41. The SMILES string of the molecule is Cc1nnc(S[C@H]2CC(=O)N(c3cccc(Cl)c3C)C2=O)s1. The molecule has 2 aromatic rings. The third-order valence-corrected chi connectivity index (χ3v) is 5.85. The van der Waals surface area contributed by atoms with Crippen LogP contribution in [0.3, 0.4) is 0 Å². The van der Waals surface area contributed by atoms with Crippen molar-refractivity contribution in [1.29, 1.82) is 0 Å². The summed E-state index contributed by atoms with van der Waals surface area (Å²) in [5.74, 6) is -0.442. The Hall–Kier alpha value is -1.44. The van der Waals surface area contributed by atoms with Gasteiger partial charge in [-0.2, -0.15) is 0 Å². The van der Waals surface area contributed by atoms with Crippen molar-refractivity contribution in [3.63, 3.8) is 0 Å². The lowest BCUT2D eigenvalue weighted by atomic mass is 10.2. The minimum atomic E-state index is -0.460. The van der Waals surface area contributed by atoms with Crippen LogP contribution in [0.1, 0.15) is 17.0 Å². The Morgan fingerprint density at radius 2 is 2.09 bits per heavy atom. The van der Waals surface area contributed by atoms with Gasteiger partial charge in [0, 0.05) is 11.4 Å². The van der Waals surface area contributed by atoms with E-state index in [1.165, 1.54) is 28.0 Å². The quantitative estimate of drug-likeness (QED) is 0.793. The lowest BCUT2D eigenvalue weighted by molar-refractivity contribution is -0.121. The summed E-state index contributed by atoms with van der Waals surface area (Å²) in [6, 6.07) is 5.21. The van der Waals surface area contributed by atoms with Crippen LogP contribution in [0, 0.1) is 13.8 Å².